The molecule has 82 valence electrons. The fourth-order valence-electron chi connectivity index (χ4n) is 2.49. The summed E-state index contributed by atoms with van der Waals surface area (Å²) in [5.41, 5.74) is 3.18. The van der Waals surface area contributed by atoms with Crippen LogP contribution in [0.15, 0.2) is 4.79 Å². The Balaban J connectivity index is 2.44. The highest BCUT2D eigenvalue weighted by molar-refractivity contribution is 5.33. The van der Waals surface area contributed by atoms with Gasteiger partial charge < -0.3 is 0 Å². The van der Waals surface area contributed by atoms with E-state index in [-0.39, 0.29) is 5.56 Å². The molecular formula is C12H18N2O. The summed E-state index contributed by atoms with van der Waals surface area (Å²) in [7, 11) is 0. The topological polar surface area (TPSA) is 45.8 Å². The van der Waals surface area contributed by atoms with Gasteiger partial charge in [-0.05, 0) is 31.2 Å². The highest BCUT2D eigenvalue weighted by atomic mass is 16.1. The minimum absolute atomic E-state index is 0.0291. The van der Waals surface area contributed by atoms with E-state index in [0.717, 1.165) is 24.1 Å². The van der Waals surface area contributed by atoms with Crippen LogP contribution in [0, 0.1) is 12.8 Å². The van der Waals surface area contributed by atoms with Crippen molar-refractivity contribution in [3.8, 4) is 0 Å². The van der Waals surface area contributed by atoms with E-state index >= 15 is 0 Å². The first kappa shape index (κ1) is 10.4. The Morgan fingerprint density at radius 2 is 2.33 bits per heavy atom. The SMILES string of the molecule is CCC(C)C1CCc2c1n[nH]c(=O)c2C. The Kier molecular flexibility index (Phi) is 2.63. The monoisotopic (exact) mass is 206 g/mol. The van der Waals surface area contributed by atoms with E-state index in [1.54, 1.807) is 0 Å². The third-order valence-corrected chi connectivity index (χ3v) is 3.77. The van der Waals surface area contributed by atoms with Crippen molar-refractivity contribution < 1.29 is 0 Å². The average Bonchev–Trinajstić information content (AvgIpc) is 2.66. The lowest BCUT2D eigenvalue weighted by atomic mass is 9.90. The van der Waals surface area contributed by atoms with Crippen molar-refractivity contribution in [1.29, 1.82) is 0 Å². The van der Waals surface area contributed by atoms with Gasteiger partial charge in [0.05, 0.1) is 5.69 Å². The molecule has 3 nitrogen and oxygen atoms in total. The number of aromatic amines is 1. The zero-order chi connectivity index (χ0) is 11.0. The maximum absolute atomic E-state index is 11.4. The molecule has 0 amide bonds. The molecule has 0 spiro atoms. The van der Waals surface area contributed by atoms with E-state index in [4.69, 9.17) is 0 Å². The molecule has 0 fully saturated rings. The molecule has 1 aliphatic carbocycles. The van der Waals surface area contributed by atoms with Gasteiger partial charge in [0.2, 0.25) is 0 Å². The summed E-state index contributed by atoms with van der Waals surface area (Å²) < 4.78 is 0. The molecule has 1 heterocycles. The molecule has 0 aliphatic heterocycles. The minimum atomic E-state index is -0.0291. The Hall–Kier alpha value is -1.12. The summed E-state index contributed by atoms with van der Waals surface area (Å²) in [6.45, 7) is 6.38. The predicted molar refractivity (Wildman–Crippen MR) is 60.1 cm³/mol. The second-order valence-electron chi connectivity index (χ2n) is 4.57. The second kappa shape index (κ2) is 3.80. The van der Waals surface area contributed by atoms with Gasteiger partial charge in [0.1, 0.15) is 0 Å². The van der Waals surface area contributed by atoms with E-state index in [1.165, 1.54) is 12.0 Å². The molecule has 0 saturated carbocycles. The number of H-pyrrole nitrogens is 1. The van der Waals surface area contributed by atoms with Crippen molar-refractivity contribution in [3.63, 3.8) is 0 Å². The molecule has 1 N–H and O–H groups in total. The van der Waals surface area contributed by atoms with E-state index in [1.807, 2.05) is 6.92 Å². The lowest BCUT2D eigenvalue weighted by molar-refractivity contribution is 0.434. The van der Waals surface area contributed by atoms with Crippen molar-refractivity contribution in [2.45, 2.75) is 46.0 Å². The molecule has 2 rings (SSSR count). The van der Waals surface area contributed by atoms with Gasteiger partial charge in [-0.2, -0.15) is 5.10 Å². The molecule has 0 aromatic carbocycles. The van der Waals surface area contributed by atoms with E-state index in [0.29, 0.717) is 11.8 Å². The maximum Gasteiger partial charge on any atom is 0.267 e. The van der Waals surface area contributed by atoms with E-state index in [9.17, 15) is 4.79 Å². The molecular weight excluding hydrogens is 188 g/mol. The quantitative estimate of drug-likeness (QED) is 0.806. The van der Waals surface area contributed by atoms with E-state index in [2.05, 4.69) is 24.0 Å². The van der Waals surface area contributed by atoms with Crippen LogP contribution >= 0.6 is 0 Å². The van der Waals surface area contributed by atoms with Crippen LogP contribution in [0.5, 0.6) is 0 Å². The number of nitrogens with zero attached hydrogens (tertiary/aromatic N) is 1. The number of nitrogens with one attached hydrogen (secondary N) is 1. The third kappa shape index (κ3) is 1.60. The zero-order valence-corrected chi connectivity index (χ0v) is 9.63. The standard InChI is InChI=1S/C12H18N2O/c1-4-7(2)9-5-6-10-8(3)12(15)14-13-11(9)10/h7,9H,4-6H2,1-3H3,(H,14,15). The van der Waals surface area contributed by atoms with Crippen LogP contribution in [0.2, 0.25) is 0 Å². The fourth-order valence-corrected chi connectivity index (χ4v) is 2.49. The van der Waals surface area contributed by atoms with Gasteiger partial charge in [-0.1, -0.05) is 20.3 Å². The number of fused-ring (bicyclic) bond motifs is 1. The van der Waals surface area contributed by atoms with Crippen LogP contribution in [0.1, 0.15) is 49.4 Å². The van der Waals surface area contributed by atoms with Gasteiger partial charge in [-0.15, -0.1) is 0 Å². The number of hydrogen-bond donors (Lipinski definition) is 1. The van der Waals surface area contributed by atoms with Crippen LogP contribution in [0.3, 0.4) is 0 Å². The van der Waals surface area contributed by atoms with Gasteiger partial charge >= 0.3 is 0 Å². The first-order valence-corrected chi connectivity index (χ1v) is 5.73. The molecule has 15 heavy (non-hydrogen) atoms. The summed E-state index contributed by atoms with van der Waals surface area (Å²) in [6, 6.07) is 0. The molecule has 1 aliphatic rings. The molecule has 2 atom stereocenters. The maximum atomic E-state index is 11.4. The zero-order valence-electron chi connectivity index (χ0n) is 9.63. The predicted octanol–water partition coefficient (Wildman–Crippen LogP) is 2.15. The average molecular weight is 206 g/mol. The van der Waals surface area contributed by atoms with Crippen LogP contribution < -0.4 is 5.56 Å². The second-order valence-corrected chi connectivity index (χ2v) is 4.57. The normalized spacial score (nSPS) is 21.4. The first-order valence-electron chi connectivity index (χ1n) is 5.73. The van der Waals surface area contributed by atoms with Gasteiger partial charge in [0.25, 0.3) is 5.56 Å². The Morgan fingerprint density at radius 3 is 3.00 bits per heavy atom. The van der Waals surface area contributed by atoms with Crippen LogP contribution in [-0.2, 0) is 6.42 Å². The summed E-state index contributed by atoms with van der Waals surface area (Å²) in [5.74, 6) is 1.20. The van der Waals surface area contributed by atoms with Crippen molar-refractivity contribution >= 4 is 0 Å². The van der Waals surface area contributed by atoms with E-state index < -0.39 is 0 Å². The summed E-state index contributed by atoms with van der Waals surface area (Å²) in [4.78, 5) is 11.4. The number of aromatic nitrogens is 2. The lowest BCUT2D eigenvalue weighted by Crippen LogP contribution is -2.17. The molecule has 1 aromatic heterocycles. The van der Waals surface area contributed by atoms with Gasteiger partial charge in [-0.25, -0.2) is 5.10 Å². The fraction of sp³-hybridized carbons (Fsp3) is 0.667. The number of rotatable bonds is 2. The molecule has 0 saturated heterocycles. The first-order chi connectivity index (χ1) is 7.15. The highest BCUT2D eigenvalue weighted by Gasteiger charge is 2.29. The van der Waals surface area contributed by atoms with Crippen LogP contribution in [-0.4, -0.2) is 10.2 Å². The Morgan fingerprint density at radius 1 is 1.60 bits per heavy atom. The molecule has 2 unspecified atom stereocenters. The highest BCUT2D eigenvalue weighted by Crippen LogP contribution is 2.38. The smallest absolute Gasteiger partial charge is 0.267 e. The summed E-state index contributed by atoms with van der Waals surface area (Å²) >= 11 is 0. The lowest BCUT2D eigenvalue weighted by Gasteiger charge is -2.17. The van der Waals surface area contributed by atoms with Gasteiger partial charge in [0, 0.05) is 11.5 Å². The molecule has 1 aromatic rings. The minimum Gasteiger partial charge on any atom is -0.268 e. The third-order valence-electron chi connectivity index (χ3n) is 3.77. The van der Waals surface area contributed by atoms with Crippen molar-refractivity contribution in [2.75, 3.05) is 0 Å². The van der Waals surface area contributed by atoms with Crippen molar-refractivity contribution in [3.05, 3.63) is 27.2 Å². The number of hydrogen-bond acceptors (Lipinski definition) is 2. The summed E-state index contributed by atoms with van der Waals surface area (Å²) in [5, 5.41) is 6.84. The van der Waals surface area contributed by atoms with Gasteiger partial charge in [-0.3, -0.25) is 4.79 Å². The van der Waals surface area contributed by atoms with Gasteiger partial charge in [0.15, 0.2) is 0 Å². The largest absolute Gasteiger partial charge is 0.268 e. The molecule has 0 bridgehead atoms. The van der Waals surface area contributed by atoms with Crippen LogP contribution in [0.4, 0.5) is 0 Å². The van der Waals surface area contributed by atoms with Crippen molar-refractivity contribution in [1.82, 2.24) is 10.2 Å². The molecule has 0 radical (unpaired) electrons. The Bertz CT molecular complexity index is 422. The Labute approximate surface area is 89.9 Å². The van der Waals surface area contributed by atoms with Crippen LogP contribution in [0.25, 0.3) is 0 Å². The summed E-state index contributed by atoms with van der Waals surface area (Å²) in [6.07, 6.45) is 3.34. The van der Waals surface area contributed by atoms with Crippen molar-refractivity contribution in [2.24, 2.45) is 5.92 Å². The molecule has 3 heteroatoms.